The Kier molecular flexibility index (Phi) is 3.46. The molecule has 0 fully saturated rings. The van der Waals surface area contributed by atoms with E-state index in [2.05, 4.69) is 16.0 Å². The van der Waals surface area contributed by atoms with Crippen molar-refractivity contribution in [3.8, 4) is 17.5 Å². The van der Waals surface area contributed by atoms with Crippen LogP contribution >= 0.6 is 11.6 Å². The first kappa shape index (κ1) is 13.4. The second kappa shape index (κ2) is 5.43. The lowest BCUT2D eigenvalue weighted by Gasteiger charge is -2.13. The van der Waals surface area contributed by atoms with Crippen molar-refractivity contribution in [2.45, 2.75) is 5.88 Å². The van der Waals surface area contributed by atoms with Gasteiger partial charge in [0.1, 0.15) is 28.8 Å². The largest absolute Gasteiger partial charge is 0.495 e. The molecule has 0 bridgehead atoms. The van der Waals surface area contributed by atoms with Gasteiger partial charge in [-0.25, -0.2) is 9.97 Å². The molecule has 2 heterocycles. The Balaban J connectivity index is 2.43. The summed E-state index contributed by atoms with van der Waals surface area (Å²) in [6.45, 7) is 0. The number of para-hydroxylation sites is 1. The number of pyridine rings is 1. The number of halogens is 1. The van der Waals surface area contributed by atoms with Gasteiger partial charge in [-0.3, -0.25) is 4.57 Å². The van der Waals surface area contributed by atoms with E-state index in [1.54, 1.807) is 36.1 Å². The minimum atomic E-state index is 0.208. The van der Waals surface area contributed by atoms with Crippen LogP contribution in [0.1, 0.15) is 11.4 Å². The smallest absolute Gasteiger partial charge is 0.164 e. The zero-order valence-corrected chi connectivity index (χ0v) is 12.0. The molecule has 0 atom stereocenters. The Bertz CT molecular complexity index is 850. The molecule has 21 heavy (non-hydrogen) atoms. The standard InChI is InChI=1S/C15H11ClN4O/c1-21-12-6-2-4-10(9-17)14(12)20-13(8-16)19-11-5-3-7-18-15(11)20/h2-7H,8H2,1H3. The molecule has 0 aliphatic rings. The lowest BCUT2D eigenvalue weighted by atomic mass is 10.1. The summed E-state index contributed by atoms with van der Waals surface area (Å²) in [5.41, 5.74) is 2.46. The number of hydrogen-bond donors (Lipinski definition) is 0. The van der Waals surface area contributed by atoms with Crippen molar-refractivity contribution in [3.63, 3.8) is 0 Å². The van der Waals surface area contributed by atoms with Gasteiger partial charge >= 0.3 is 0 Å². The second-order valence-electron chi connectivity index (χ2n) is 4.31. The highest BCUT2D eigenvalue weighted by Gasteiger charge is 2.19. The van der Waals surface area contributed by atoms with Crippen LogP contribution in [0.2, 0.25) is 0 Å². The van der Waals surface area contributed by atoms with Gasteiger partial charge in [0.15, 0.2) is 5.65 Å². The topological polar surface area (TPSA) is 63.7 Å². The number of rotatable bonds is 3. The van der Waals surface area contributed by atoms with E-state index < -0.39 is 0 Å². The zero-order valence-electron chi connectivity index (χ0n) is 11.2. The summed E-state index contributed by atoms with van der Waals surface area (Å²) in [7, 11) is 1.56. The van der Waals surface area contributed by atoms with Crippen LogP contribution in [0.4, 0.5) is 0 Å². The summed E-state index contributed by atoms with van der Waals surface area (Å²) in [5, 5.41) is 9.38. The molecular weight excluding hydrogens is 288 g/mol. The van der Waals surface area contributed by atoms with E-state index in [-0.39, 0.29) is 5.88 Å². The number of nitriles is 1. The number of imidazole rings is 1. The molecule has 3 rings (SSSR count). The van der Waals surface area contributed by atoms with Crippen molar-refractivity contribution in [2.24, 2.45) is 0 Å². The van der Waals surface area contributed by atoms with Crippen molar-refractivity contribution in [2.75, 3.05) is 7.11 Å². The maximum atomic E-state index is 9.38. The Morgan fingerprint density at radius 2 is 2.19 bits per heavy atom. The molecule has 0 aliphatic carbocycles. The first-order valence-electron chi connectivity index (χ1n) is 6.26. The first-order chi connectivity index (χ1) is 10.3. The van der Waals surface area contributed by atoms with Crippen LogP contribution < -0.4 is 4.74 Å². The molecule has 0 N–H and O–H groups in total. The van der Waals surface area contributed by atoms with Gasteiger partial charge in [-0.1, -0.05) is 6.07 Å². The molecule has 0 unspecified atom stereocenters. The summed E-state index contributed by atoms with van der Waals surface area (Å²) in [6.07, 6.45) is 1.68. The van der Waals surface area contributed by atoms with E-state index in [0.717, 1.165) is 5.52 Å². The monoisotopic (exact) mass is 298 g/mol. The molecule has 2 aromatic heterocycles. The number of alkyl halides is 1. The Morgan fingerprint density at radius 1 is 1.33 bits per heavy atom. The predicted molar refractivity (Wildman–Crippen MR) is 79.7 cm³/mol. The fourth-order valence-electron chi connectivity index (χ4n) is 2.29. The summed E-state index contributed by atoms with van der Waals surface area (Å²) in [5.74, 6) is 1.40. The van der Waals surface area contributed by atoms with E-state index in [1.165, 1.54) is 0 Å². The molecule has 0 amide bonds. The van der Waals surface area contributed by atoms with Gasteiger partial charge in [0.2, 0.25) is 0 Å². The lowest BCUT2D eigenvalue weighted by molar-refractivity contribution is 0.412. The molecule has 0 spiro atoms. The molecule has 0 saturated heterocycles. The number of aromatic nitrogens is 3. The predicted octanol–water partition coefficient (Wildman–Crippen LogP) is 3.04. The average Bonchev–Trinajstić information content (AvgIpc) is 2.92. The summed E-state index contributed by atoms with van der Waals surface area (Å²) < 4.78 is 7.17. The molecular formula is C15H11ClN4O. The molecule has 104 valence electrons. The van der Waals surface area contributed by atoms with Gasteiger partial charge < -0.3 is 4.74 Å². The van der Waals surface area contributed by atoms with Crippen LogP contribution in [0.15, 0.2) is 36.5 Å². The highest BCUT2D eigenvalue weighted by Crippen LogP contribution is 2.30. The summed E-state index contributed by atoms with van der Waals surface area (Å²) >= 11 is 6.01. The third kappa shape index (κ3) is 2.10. The van der Waals surface area contributed by atoms with E-state index in [1.807, 2.05) is 12.1 Å². The van der Waals surface area contributed by atoms with E-state index >= 15 is 0 Å². The molecule has 0 radical (unpaired) electrons. The SMILES string of the molecule is COc1cccc(C#N)c1-n1c(CCl)nc2cccnc21. The maximum absolute atomic E-state index is 9.38. The maximum Gasteiger partial charge on any atom is 0.164 e. The highest BCUT2D eigenvalue weighted by molar-refractivity contribution is 6.17. The fraction of sp³-hybridized carbons (Fsp3) is 0.133. The molecule has 0 aliphatic heterocycles. The first-order valence-corrected chi connectivity index (χ1v) is 6.79. The van der Waals surface area contributed by atoms with Gasteiger partial charge in [0, 0.05) is 6.20 Å². The number of benzene rings is 1. The number of methoxy groups -OCH3 is 1. The van der Waals surface area contributed by atoms with Crippen molar-refractivity contribution in [1.82, 2.24) is 14.5 Å². The average molecular weight is 299 g/mol. The van der Waals surface area contributed by atoms with Crippen LogP contribution in [0.25, 0.3) is 16.9 Å². The zero-order chi connectivity index (χ0) is 14.8. The minimum absolute atomic E-state index is 0.208. The third-order valence-electron chi connectivity index (χ3n) is 3.17. The quantitative estimate of drug-likeness (QED) is 0.697. The van der Waals surface area contributed by atoms with Crippen molar-refractivity contribution >= 4 is 22.8 Å². The van der Waals surface area contributed by atoms with Gasteiger partial charge in [0.05, 0.1) is 18.6 Å². The summed E-state index contributed by atoms with van der Waals surface area (Å²) in [4.78, 5) is 8.82. The van der Waals surface area contributed by atoms with E-state index in [4.69, 9.17) is 16.3 Å². The van der Waals surface area contributed by atoms with Gasteiger partial charge in [-0.05, 0) is 24.3 Å². The molecule has 3 aromatic rings. The highest BCUT2D eigenvalue weighted by atomic mass is 35.5. The van der Waals surface area contributed by atoms with E-state index in [9.17, 15) is 5.26 Å². The van der Waals surface area contributed by atoms with Crippen molar-refractivity contribution in [3.05, 3.63) is 47.9 Å². The Hall–Kier alpha value is -2.58. The number of fused-ring (bicyclic) bond motifs is 1. The number of hydrogen-bond acceptors (Lipinski definition) is 4. The molecule has 5 nitrogen and oxygen atoms in total. The lowest BCUT2D eigenvalue weighted by Crippen LogP contribution is -2.05. The van der Waals surface area contributed by atoms with Crippen molar-refractivity contribution in [1.29, 1.82) is 5.26 Å². The van der Waals surface area contributed by atoms with Crippen LogP contribution in [-0.2, 0) is 5.88 Å². The third-order valence-corrected chi connectivity index (χ3v) is 3.41. The molecule has 0 saturated carbocycles. The molecule has 1 aromatic carbocycles. The van der Waals surface area contributed by atoms with Crippen molar-refractivity contribution < 1.29 is 4.74 Å². The van der Waals surface area contributed by atoms with Crippen LogP contribution in [-0.4, -0.2) is 21.6 Å². The minimum Gasteiger partial charge on any atom is -0.495 e. The molecule has 6 heteroatoms. The van der Waals surface area contributed by atoms with Crippen LogP contribution in [0.3, 0.4) is 0 Å². The second-order valence-corrected chi connectivity index (χ2v) is 4.58. The van der Waals surface area contributed by atoms with Crippen LogP contribution in [0.5, 0.6) is 5.75 Å². The van der Waals surface area contributed by atoms with Gasteiger partial charge in [-0.15, -0.1) is 11.6 Å². The summed E-state index contributed by atoms with van der Waals surface area (Å²) in [6, 6.07) is 11.1. The fourth-order valence-corrected chi connectivity index (χ4v) is 2.47. The Labute approximate surface area is 126 Å². The Morgan fingerprint density at radius 3 is 2.90 bits per heavy atom. The number of nitrogens with zero attached hydrogens (tertiary/aromatic N) is 4. The van der Waals surface area contributed by atoms with Gasteiger partial charge in [-0.2, -0.15) is 5.26 Å². The normalized spacial score (nSPS) is 10.5. The van der Waals surface area contributed by atoms with Gasteiger partial charge in [0.25, 0.3) is 0 Å². The van der Waals surface area contributed by atoms with E-state index in [0.29, 0.717) is 28.5 Å². The number of ether oxygens (including phenoxy) is 1. The van der Waals surface area contributed by atoms with Crippen LogP contribution in [0, 0.1) is 11.3 Å².